The Morgan fingerprint density at radius 3 is 2.50 bits per heavy atom. The minimum absolute atomic E-state index is 0.568. The van der Waals surface area contributed by atoms with Crippen molar-refractivity contribution in [3.05, 3.63) is 18.3 Å². The summed E-state index contributed by atoms with van der Waals surface area (Å²) in [5, 5.41) is 0. The van der Waals surface area contributed by atoms with Crippen molar-refractivity contribution in [2.75, 3.05) is 30.8 Å². The zero-order chi connectivity index (χ0) is 11.7. The van der Waals surface area contributed by atoms with Gasteiger partial charge in [-0.05, 0) is 27.0 Å². The average molecular weight is 220 g/mol. The maximum absolute atomic E-state index is 5.71. The lowest BCUT2D eigenvalue weighted by atomic mass is 10.1. The van der Waals surface area contributed by atoms with Crippen LogP contribution in [-0.2, 0) is 0 Å². The molecule has 2 heterocycles. The topological polar surface area (TPSA) is 45.4 Å². The Morgan fingerprint density at radius 2 is 1.94 bits per heavy atom. The number of aromatic nitrogens is 1. The maximum Gasteiger partial charge on any atom is 0.125 e. The fourth-order valence-electron chi connectivity index (χ4n) is 2.25. The number of nitrogens with two attached hydrogens (primary N) is 1. The number of rotatable bonds is 1. The number of anilines is 2. The van der Waals surface area contributed by atoms with Crippen molar-refractivity contribution in [2.24, 2.45) is 0 Å². The Labute approximate surface area is 97.1 Å². The second-order valence-electron chi connectivity index (χ2n) is 4.71. The fraction of sp³-hybridized carbons (Fsp3) is 0.583. The summed E-state index contributed by atoms with van der Waals surface area (Å²) in [6.07, 6.45) is 1.78. The molecular formula is C12H20N4. The summed E-state index contributed by atoms with van der Waals surface area (Å²) in [5.41, 5.74) is 6.89. The number of pyridine rings is 1. The molecule has 0 radical (unpaired) electrons. The molecule has 0 spiro atoms. The number of hydrogen-bond donors (Lipinski definition) is 1. The van der Waals surface area contributed by atoms with Gasteiger partial charge in [0.25, 0.3) is 0 Å². The lowest BCUT2D eigenvalue weighted by Crippen LogP contribution is -2.55. The van der Waals surface area contributed by atoms with Gasteiger partial charge in [-0.3, -0.25) is 4.90 Å². The van der Waals surface area contributed by atoms with E-state index in [0.717, 1.165) is 13.1 Å². The van der Waals surface area contributed by atoms with Crippen LogP contribution in [0.25, 0.3) is 0 Å². The lowest BCUT2D eigenvalue weighted by molar-refractivity contribution is 0.170. The van der Waals surface area contributed by atoms with Gasteiger partial charge in [0.15, 0.2) is 0 Å². The molecule has 2 N–H and O–H groups in total. The Hall–Kier alpha value is -1.29. The molecule has 2 unspecified atom stereocenters. The van der Waals surface area contributed by atoms with Crippen molar-refractivity contribution in [1.82, 2.24) is 9.88 Å². The highest BCUT2D eigenvalue weighted by molar-refractivity contribution is 5.52. The van der Waals surface area contributed by atoms with E-state index in [9.17, 15) is 0 Å². The van der Waals surface area contributed by atoms with E-state index in [4.69, 9.17) is 5.73 Å². The van der Waals surface area contributed by atoms with Gasteiger partial charge < -0.3 is 10.6 Å². The van der Waals surface area contributed by atoms with Crippen LogP contribution in [-0.4, -0.2) is 42.1 Å². The van der Waals surface area contributed by atoms with Crippen LogP contribution in [0.1, 0.15) is 13.8 Å². The smallest absolute Gasteiger partial charge is 0.125 e. The first-order valence-corrected chi connectivity index (χ1v) is 5.76. The molecule has 0 amide bonds. The quantitative estimate of drug-likeness (QED) is 0.772. The zero-order valence-electron chi connectivity index (χ0n) is 10.2. The van der Waals surface area contributed by atoms with Crippen LogP contribution in [0.5, 0.6) is 0 Å². The Morgan fingerprint density at radius 1 is 1.31 bits per heavy atom. The molecule has 1 saturated heterocycles. The number of piperazine rings is 1. The van der Waals surface area contributed by atoms with Gasteiger partial charge in [0.05, 0.1) is 0 Å². The van der Waals surface area contributed by atoms with Crippen molar-refractivity contribution in [1.29, 1.82) is 0 Å². The first kappa shape index (κ1) is 11.2. The Balaban J connectivity index is 2.17. The molecule has 4 heteroatoms. The first-order valence-electron chi connectivity index (χ1n) is 5.76. The van der Waals surface area contributed by atoms with Crippen molar-refractivity contribution in [3.63, 3.8) is 0 Å². The molecule has 16 heavy (non-hydrogen) atoms. The van der Waals surface area contributed by atoms with E-state index >= 15 is 0 Å². The summed E-state index contributed by atoms with van der Waals surface area (Å²) in [4.78, 5) is 8.83. The van der Waals surface area contributed by atoms with Crippen molar-refractivity contribution < 1.29 is 0 Å². The minimum atomic E-state index is 0.568. The summed E-state index contributed by atoms with van der Waals surface area (Å²) < 4.78 is 0. The van der Waals surface area contributed by atoms with Gasteiger partial charge >= 0.3 is 0 Å². The van der Waals surface area contributed by atoms with Crippen LogP contribution in [0.2, 0.25) is 0 Å². The number of nitrogen functional groups attached to an aromatic ring is 1. The summed E-state index contributed by atoms with van der Waals surface area (Å²) in [6, 6.07) is 5.11. The largest absolute Gasteiger partial charge is 0.384 e. The van der Waals surface area contributed by atoms with Crippen LogP contribution in [0.3, 0.4) is 0 Å². The summed E-state index contributed by atoms with van der Waals surface area (Å²) in [5.74, 6) is 0.594. The van der Waals surface area contributed by atoms with Crippen molar-refractivity contribution >= 4 is 11.5 Å². The van der Waals surface area contributed by atoms with Crippen LogP contribution in [0, 0.1) is 0 Å². The summed E-state index contributed by atoms with van der Waals surface area (Å²) >= 11 is 0. The van der Waals surface area contributed by atoms with Crippen molar-refractivity contribution in [3.8, 4) is 0 Å². The van der Waals surface area contributed by atoms with Crippen molar-refractivity contribution in [2.45, 2.75) is 25.9 Å². The molecule has 0 saturated carbocycles. The predicted molar refractivity (Wildman–Crippen MR) is 67.5 cm³/mol. The van der Waals surface area contributed by atoms with E-state index in [0.29, 0.717) is 17.9 Å². The molecule has 1 aliphatic heterocycles. The standard InChI is InChI=1S/C12H20N4/c1-9-7-16(8-10(2)15(9)3)11-4-5-14-12(13)6-11/h4-6,9-10H,7-8H2,1-3H3,(H2,13,14). The van der Waals surface area contributed by atoms with Gasteiger partial charge in [0.2, 0.25) is 0 Å². The SMILES string of the molecule is CC1CN(c2ccnc(N)c2)CC(C)N1C. The monoisotopic (exact) mass is 220 g/mol. The highest BCUT2D eigenvalue weighted by Gasteiger charge is 2.26. The number of hydrogen-bond acceptors (Lipinski definition) is 4. The van der Waals surface area contributed by atoms with E-state index in [-0.39, 0.29) is 0 Å². The number of nitrogens with zero attached hydrogens (tertiary/aromatic N) is 3. The van der Waals surface area contributed by atoms with E-state index in [1.54, 1.807) is 6.20 Å². The maximum atomic E-state index is 5.71. The molecule has 2 rings (SSSR count). The fourth-order valence-corrected chi connectivity index (χ4v) is 2.25. The molecule has 1 fully saturated rings. The molecule has 1 aromatic heterocycles. The third-order valence-electron chi connectivity index (χ3n) is 3.49. The van der Waals surface area contributed by atoms with Gasteiger partial charge in [-0.1, -0.05) is 0 Å². The van der Waals surface area contributed by atoms with E-state index in [1.807, 2.05) is 12.1 Å². The molecule has 88 valence electrons. The third kappa shape index (κ3) is 2.11. The molecule has 4 nitrogen and oxygen atoms in total. The summed E-state index contributed by atoms with van der Waals surface area (Å²) in [7, 11) is 2.19. The summed E-state index contributed by atoms with van der Waals surface area (Å²) in [6.45, 7) is 6.61. The van der Waals surface area contributed by atoms with E-state index in [1.165, 1.54) is 5.69 Å². The second-order valence-corrected chi connectivity index (χ2v) is 4.71. The molecule has 0 aromatic carbocycles. The molecule has 2 atom stereocenters. The Kier molecular flexibility index (Phi) is 3.01. The van der Waals surface area contributed by atoms with Crippen LogP contribution >= 0.6 is 0 Å². The van der Waals surface area contributed by atoms with Gasteiger partial charge in [0, 0.05) is 43.1 Å². The lowest BCUT2D eigenvalue weighted by Gasteiger charge is -2.43. The van der Waals surface area contributed by atoms with Crippen LogP contribution in [0.15, 0.2) is 18.3 Å². The highest BCUT2D eigenvalue weighted by atomic mass is 15.3. The zero-order valence-corrected chi connectivity index (χ0v) is 10.2. The normalized spacial score (nSPS) is 27.1. The van der Waals surface area contributed by atoms with Gasteiger partial charge in [0.1, 0.15) is 5.82 Å². The molecule has 0 aliphatic carbocycles. The predicted octanol–water partition coefficient (Wildman–Crippen LogP) is 1.19. The highest BCUT2D eigenvalue weighted by Crippen LogP contribution is 2.21. The van der Waals surface area contributed by atoms with E-state index in [2.05, 4.69) is 35.7 Å². The van der Waals surface area contributed by atoms with Gasteiger partial charge in [-0.2, -0.15) is 0 Å². The molecule has 1 aliphatic rings. The second kappa shape index (κ2) is 4.29. The molecule has 1 aromatic rings. The average Bonchev–Trinajstić information content (AvgIpc) is 2.25. The van der Waals surface area contributed by atoms with Crippen LogP contribution in [0.4, 0.5) is 11.5 Å². The molecular weight excluding hydrogens is 200 g/mol. The van der Waals surface area contributed by atoms with Gasteiger partial charge in [-0.15, -0.1) is 0 Å². The van der Waals surface area contributed by atoms with E-state index < -0.39 is 0 Å². The molecule has 0 bridgehead atoms. The minimum Gasteiger partial charge on any atom is -0.384 e. The third-order valence-corrected chi connectivity index (χ3v) is 3.49. The first-order chi connectivity index (χ1) is 7.58. The van der Waals surface area contributed by atoms with Crippen LogP contribution < -0.4 is 10.6 Å². The van der Waals surface area contributed by atoms with Gasteiger partial charge in [-0.25, -0.2) is 4.98 Å². The Bertz CT molecular complexity index is 354. The number of likely N-dealkylation sites (N-methyl/N-ethyl adjacent to an activating group) is 1.